The Morgan fingerprint density at radius 2 is 1.93 bits per heavy atom. The van der Waals surface area contributed by atoms with E-state index in [4.69, 9.17) is 9.47 Å². The van der Waals surface area contributed by atoms with Gasteiger partial charge in [0.2, 0.25) is 0 Å². The van der Waals surface area contributed by atoms with E-state index in [-0.39, 0.29) is 37.6 Å². The summed E-state index contributed by atoms with van der Waals surface area (Å²) in [6, 6.07) is 2.16. The Labute approximate surface area is 172 Å². The molecule has 2 saturated heterocycles. The van der Waals surface area contributed by atoms with E-state index >= 15 is 0 Å². The summed E-state index contributed by atoms with van der Waals surface area (Å²) in [5.74, 6) is -1.60. The maximum absolute atomic E-state index is 14.6. The number of nitrogens with zero attached hydrogens (tertiary/aromatic N) is 3. The molecule has 0 unspecified atom stereocenters. The van der Waals surface area contributed by atoms with Gasteiger partial charge in [0.25, 0.3) is 0 Å². The highest BCUT2D eigenvalue weighted by atomic mass is 19.1. The van der Waals surface area contributed by atoms with Gasteiger partial charge < -0.3 is 24.5 Å². The number of carbonyl (C=O) groups excluding carboxylic acids is 2. The van der Waals surface area contributed by atoms with Crippen molar-refractivity contribution in [2.24, 2.45) is 5.16 Å². The molecular formula is C19H24F2N4O5. The van der Waals surface area contributed by atoms with E-state index in [1.807, 2.05) is 0 Å². The molecule has 3 rings (SSSR count). The maximum Gasteiger partial charge on any atom is 0.414 e. The Balaban J connectivity index is 1.63. The molecule has 1 aromatic rings. The molecule has 0 spiro atoms. The first-order valence-electron chi connectivity index (χ1n) is 9.35. The molecule has 2 aliphatic rings. The van der Waals surface area contributed by atoms with Gasteiger partial charge in [-0.2, -0.15) is 0 Å². The molecule has 11 heteroatoms. The average molecular weight is 426 g/mol. The van der Waals surface area contributed by atoms with Crippen LogP contribution in [-0.4, -0.2) is 62.9 Å². The number of nitrogens with one attached hydrogen (secondary N) is 1. The van der Waals surface area contributed by atoms with Gasteiger partial charge in [0.05, 0.1) is 37.6 Å². The number of halogens is 2. The van der Waals surface area contributed by atoms with Crippen LogP contribution in [-0.2, 0) is 14.3 Å². The Bertz CT molecular complexity index is 840. The van der Waals surface area contributed by atoms with Crippen molar-refractivity contribution in [1.29, 1.82) is 0 Å². The van der Waals surface area contributed by atoms with Gasteiger partial charge in [-0.1, -0.05) is 5.16 Å². The standard InChI is InChI=1S/C19H24F2N4O5/c1-19(2,3)30-17(26)22-7-13-10-25(18(27)29-13)12-5-14(20)16(15(21)6-12)24-8-11(9-24)23-28-4/h5-6,13H,7-10H2,1-4H3,(H,22,26)/t13-/m0/s1. The summed E-state index contributed by atoms with van der Waals surface area (Å²) in [4.78, 5) is 31.1. The van der Waals surface area contributed by atoms with Gasteiger partial charge in [-0.15, -0.1) is 0 Å². The summed E-state index contributed by atoms with van der Waals surface area (Å²) < 4.78 is 39.4. The van der Waals surface area contributed by atoms with Gasteiger partial charge >= 0.3 is 12.2 Å². The summed E-state index contributed by atoms with van der Waals surface area (Å²) >= 11 is 0. The Morgan fingerprint density at radius 3 is 2.50 bits per heavy atom. The van der Waals surface area contributed by atoms with Crippen molar-refractivity contribution >= 4 is 29.3 Å². The van der Waals surface area contributed by atoms with Gasteiger partial charge in [-0.05, 0) is 20.8 Å². The zero-order chi connectivity index (χ0) is 22.1. The van der Waals surface area contributed by atoms with Crippen molar-refractivity contribution < 1.29 is 32.7 Å². The summed E-state index contributed by atoms with van der Waals surface area (Å²) in [5.41, 5.74) is -0.149. The molecule has 0 aromatic heterocycles. The lowest BCUT2D eigenvalue weighted by Gasteiger charge is -2.34. The van der Waals surface area contributed by atoms with E-state index in [9.17, 15) is 18.4 Å². The van der Waals surface area contributed by atoms with Crippen LogP contribution in [0.4, 0.5) is 29.7 Å². The fourth-order valence-electron chi connectivity index (χ4n) is 3.10. The summed E-state index contributed by atoms with van der Waals surface area (Å²) in [6.45, 7) is 5.72. The van der Waals surface area contributed by atoms with E-state index in [1.165, 1.54) is 12.0 Å². The van der Waals surface area contributed by atoms with E-state index in [0.29, 0.717) is 5.71 Å². The van der Waals surface area contributed by atoms with Crippen molar-refractivity contribution in [3.63, 3.8) is 0 Å². The second-order valence-electron chi connectivity index (χ2n) is 7.95. The van der Waals surface area contributed by atoms with Crippen molar-refractivity contribution in [3.8, 4) is 0 Å². The summed E-state index contributed by atoms with van der Waals surface area (Å²) in [5, 5.41) is 6.24. The molecule has 164 valence electrons. The van der Waals surface area contributed by atoms with Crippen molar-refractivity contribution in [3.05, 3.63) is 23.8 Å². The van der Waals surface area contributed by atoms with E-state index < -0.39 is 35.5 Å². The molecule has 0 radical (unpaired) electrons. The van der Waals surface area contributed by atoms with Crippen LogP contribution in [0.25, 0.3) is 0 Å². The minimum Gasteiger partial charge on any atom is -0.444 e. The first-order chi connectivity index (χ1) is 14.1. The molecule has 2 heterocycles. The monoisotopic (exact) mass is 426 g/mol. The molecular weight excluding hydrogens is 402 g/mol. The lowest BCUT2D eigenvalue weighted by molar-refractivity contribution is 0.0496. The number of oxime groups is 1. The van der Waals surface area contributed by atoms with Gasteiger partial charge in [-0.25, -0.2) is 18.4 Å². The molecule has 30 heavy (non-hydrogen) atoms. The highest BCUT2D eigenvalue weighted by Crippen LogP contribution is 2.32. The molecule has 1 atom stereocenters. The molecule has 0 aliphatic carbocycles. The highest BCUT2D eigenvalue weighted by molar-refractivity contribution is 5.99. The molecule has 0 bridgehead atoms. The highest BCUT2D eigenvalue weighted by Gasteiger charge is 2.35. The third-order valence-corrected chi connectivity index (χ3v) is 4.34. The Hall–Kier alpha value is -3.11. The molecule has 2 aliphatic heterocycles. The Morgan fingerprint density at radius 1 is 1.30 bits per heavy atom. The maximum atomic E-state index is 14.6. The minimum atomic E-state index is -0.801. The molecule has 0 saturated carbocycles. The van der Waals surface area contributed by atoms with E-state index in [1.54, 1.807) is 20.8 Å². The number of carbonyl (C=O) groups is 2. The quantitative estimate of drug-likeness (QED) is 0.728. The van der Waals surface area contributed by atoms with Crippen molar-refractivity contribution in [2.75, 3.05) is 43.1 Å². The summed E-state index contributed by atoms with van der Waals surface area (Å²) in [7, 11) is 1.40. The number of rotatable bonds is 5. The molecule has 2 amide bonds. The predicted molar refractivity (Wildman–Crippen MR) is 105 cm³/mol. The molecule has 9 nitrogen and oxygen atoms in total. The van der Waals surface area contributed by atoms with E-state index in [2.05, 4.69) is 15.3 Å². The third kappa shape index (κ3) is 4.89. The molecule has 1 N–H and O–H groups in total. The average Bonchev–Trinajstić information content (AvgIpc) is 2.96. The topological polar surface area (TPSA) is 92.7 Å². The normalized spacial score (nSPS) is 18.7. The summed E-state index contributed by atoms with van der Waals surface area (Å²) in [6.07, 6.45) is -2.08. The number of cyclic esters (lactones) is 1. The second kappa shape index (κ2) is 8.33. The van der Waals surface area contributed by atoms with Crippen LogP contribution in [0.1, 0.15) is 20.8 Å². The van der Waals surface area contributed by atoms with Crippen LogP contribution in [0.3, 0.4) is 0 Å². The zero-order valence-electron chi connectivity index (χ0n) is 17.2. The van der Waals surface area contributed by atoms with Crippen molar-refractivity contribution in [1.82, 2.24) is 5.32 Å². The van der Waals surface area contributed by atoms with Gasteiger partial charge in [0, 0.05) is 12.1 Å². The van der Waals surface area contributed by atoms with Gasteiger partial charge in [0.15, 0.2) is 11.6 Å². The van der Waals surface area contributed by atoms with Gasteiger partial charge in [0.1, 0.15) is 24.5 Å². The molecule has 2 fully saturated rings. The number of hydrogen-bond acceptors (Lipinski definition) is 7. The third-order valence-electron chi connectivity index (χ3n) is 4.34. The lowest BCUT2D eigenvalue weighted by Crippen LogP contribution is -2.48. The lowest BCUT2D eigenvalue weighted by atomic mass is 10.1. The fourth-order valence-corrected chi connectivity index (χ4v) is 3.10. The Kier molecular flexibility index (Phi) is 5.99. The first kappa shape index (κ1) is 21.6. The zero-order valence-corrected chi connectivity index (χ0v) is 17.2. The van der Waals surface area contributed by atoms with Gasteiger partial charge in [-0.3, -0.25) is 4.90 Å². The number of benzene rings is 1. The number of hydrogen-bond donors (Lipinski definition) is 1. The predicted octanol–water partition coefficient (Wildman–Crippen LogP) is 2.64. The van der Waals surface area contributed by atoms with Crippen LogP contribution >= 0.6 is 0 Å². The number of ether oxygens (including phenoxy) is 2. The smallest absolute Gasteiger partial charge is 0.414 e. The van der Waals surface area contributed by atoms with Crippen molar-refractivity contribution in [2.45, 2.75) is 32.5 Å². The van der Waals surface area contributed by atoms with Crippen LogP contribution in [0.15, 0.2) is 17.3 Å². The number of alkyl carbamates (subject to hydrolysis) is 1. The van der Waals surface area contributed by atoms with E-state index in [0.717, 1.165) is 17.0 Å². The number of anilines is 2. The van der Waals surface area contributed by atoms with Crippen LogP contribution < -0.4 is 15.1 Å². The van der Waals surface area contributed by atoms with Crippen LogP contribution in [0, 0.1) is 11.6 Å². The van der Waals surface area contributed by atoms with Crippen LogP contribution in [0.2, 0.25) is 0 Å². The van der Waals surface area contributed by atoms with Crippen LogP contribution in [0.5, 0.6) is 0 Å². The second-order valence-corrected chi connectivity index (χ2v) is 7.95. The minimum absolute atomic E-state index is 0.00951. The molecule has 1 aromatic carbocycles. The SMILES string of the molecule is CON=C1CN(c2c(F)cc(N3C[C@H](CNC(=O)OC(C)(C)C)OC3=O)cc2F)C1. The fraction of sp³-hybridized carbons (Fsp3) is 0.526. The largest absolute Gasteiger partial charge is 0.444 e. The number of amides is 2. The first-order valence-corrected chi connectivity index (χ1v) is 9.35.